The molecule has 0 fully saturated rings. The van der Waals surface area contributed by atoms with Gasteiger partial charge in [-0.1, -0.05) is 182 Å². The summed E-state index contributed by atoms with van der Waals surface area (Å²) >= 11 is 0. The van der Waals surface area contributed by atoms with E-state index < -0.39 is 5.41 Å². The van der Waals surface area contributed by atoms with Gasteiger partial charge >= 0.3 is 0 Å². The van der Waals surface area contributed by atoms with E-state index >= 15 is 0 Å². The second-order valence-electron chi connectivity index (χ2n) is 16.7. The second-order valence-corrected chi connectivity index (χ2v) is 16.7. The molecule has 1 spiro atoms. The number of nitrogens with zero attached hydrogens (tertiary/aromatic N) is 3. The zero-order valence-electron chi connectivity index (χ0n) is 34.0. The molecule has 9 aromatic rings. The van der Waals surface area contributed by atoms with Crippen LogP contribution >= 0.6 is 0 Å². The molecule has 3 nitrogen and oxygen atoms in total. The molecule has 63 heavy (non-hydrogen) atoms. The predicted octanol–water partition coefficient (Wildman–Crippen LogP) is 14.2. The minimum Gasteiger partial charge on any atom is -0.192 e. The molecule has 3 aliphatic rings. The number of benzene rings is 9. The fraction of sp³-hybridized carbons (Fsp3) is 0.0500. The highest BCUT2D eigenvalue weighted by molar-refractivity contribution is 6.00. The van der Waals surface area contributed by atoms with Crippen LogP contribution in [0.3, 0.4) is 0 Å². The Hall–Kier alpha value is -8.55. The van der Waals surface area contributed by atoms with E-state index in [4.69, 9.17) is 0 Å². The van der Waals surface area contributed by atoms with Crippen molar-refractivity contribution in [3.8, 4) is 85.0 Å². The average Bonchev–Trinajstić information content (AvgIpc) is 3.56. The number of fused-ring (bicyclic) bond motifs is 7. The maximum atomic E-state index is 11.1. The lowest BCUT2D eigenvalue weighted by atomic mass is 9.40. The Bertz CT molecular complexity index is 3490. The quantitative estimate of drug-likeness (QED) is 0.168. The molecule has 3 atom stereocenters. The molecular weight excluding hydrogens is 763 g/mol. The summed E-state index contributed by atoms with van der Waals surface area (Å²) in [5, 5.41) is 33.3. The van der Waals surface area contributed by atoms with Gasteiger partial charge in [0.2, 0.25) is 0 Å². The Morgan fingerprint density at radius 3 is 0.952 bits per heavy atom. The first-order valence-corrected chi connectivity index (χ1v) is 21.3. The van der Waals surface area contributed by atoms with Crippen LogP contribution in [0.2, 0.25) is 0 Å². The molecule has 0 aliphatic heterocycles. The van der Waals surface area contributed by atoms with Gasteiger partial charge in [0.05, 0.1) is 34.9 Å². The van der Waals surface area contributed by atoms with Crippen LogP contribution in [0, 0.1) is 34.0 Å². The van der Waals surface area contributed by atoms with E-state index in [-0.39, 0.29) is 11.8 Å². The van der Waals surface area contributed by atoms with E-state index in [0.29, 0.717) is 16.7 Å². The maximum absolute atomic E-state index is 11.1. The lowest BCUT2D eigenvalue weighted by Crippen LogP contribution is -2.54. The monoisotopic (exact) mass is 797 g/mol. The predicted molar refractivity (Wildman–Crippen MR) is 251 cm³/mol. The average molecular weight is 798 g/mol. The Kier molecular flexibility index (Phi) is 8.08. The summed E-state index contributed by atoms with van der Waals surface area (Å²) in [4.78, 5) is 0. The van der Waals surface area contributed by atoms with Gasteiger partial charge in [0.1, 0.15) is 0 Å². The summed E-state index contributed by atoms with van der Waals surface area (Å²) in [6, 6.07) is 77.3. The van der Waals surface area contributed by atoms with Gasteiger partial charge in [0, 0.05) is 17.3 Å². The molecule has 0 amide bonds. The summed E-state index contributed by atoms with van der Waals surface area (Å²) in [5.41, 5.74) is 20.4. The first-order chi connectivity index (χ1) is 31.2. The van der Waals surface area contributed by atoms with Crippen molar-refractivity contribution >= 4 is 0 Å². The zero-order valence-corrected chi connectivity index (χ0v) is 34.0. The van der Waals surface area contributed by atoms with E-state index in [2.05, 4.69) is 182 Å². The van der Waals surface area contributed by atoms with Gasteiger partial charge < -0.3 is 0 Å². The molecule has 290 valence electrons. The summed E-state index contributed by atoms with van der Waals surface area (Å²) in [7, 11) is 0. The molecule has 12 rings (SSSR count). The first-order valence-electron chi connectivity index (χ1n) is 21.3. The summed E-state index contributed by atoms with van der Waals surface area (Å²) in [6.07, 6.45) is 0. The van der Waals surface area contributed by atoms with Crippen LogP contribution in [0.25, 0.3) is 66.8 Å². The van der Waals surface area contributed by atoms with E-state index in [9.17, 15) is 15.8 Å². The number of nitriles is 3. The largest absolute Gasteiger partial charge is 0.192 e. The van der Waals surface area contributed by atoms with Crippen LogP contribution in [0.4, 0.5) is 0 Å². The van der Waals surface area contributed by atoms with Gasteiger partial charge in [-0.2, -0.15) is 15.8 Å². The summed E-state index contributed by atoms with van der Waals surface area (Å²) < 4.78 is 0. The third kappa shape index (κ3) is 4.93. The normalized spacial score (nSPS) is 16.9. The molecular formula is C60H35N3. The van der Waals surface area contributed by atoms with E-state index in [1.54, 1.807) is 0 Å². The van der Waals surface area contributed by atoms with Gasteiger partial charge in [0.15, 0.2) is 0 Å². The third-order valence-corrected chi connectivity index (χ3v) is 13.9. The van der Waals surface area contributed by atoms with Crippen LogP contribution in [0.15, 0.2) is 200 Å². The Morgan fingerprint density at radius 1 is 0.270 bits per heavy atom. The standard InChI is InChI=1S/C60H35N3/c61-34-40-28-31-49(46-25-13-10-22-43(46)37-16-4-1-5-17-37)55-52(40)58-53-41(35-62)29-32-50(47-26-14-11-23-44(47)38-18-6-2-7-19-38)56(53)60(58)57-51(33-30-42(36-63)54(57)59(55)60)48-27-15-12-24-45(48)39-20-8-3-9-21-39/h1-33,58-59H. The van der Waals surface area contributed by atoms with Gasteiger partial charge in [-0.05, 0) is 118 Å². The van der Waals surface area contributed by atoms with E-state index in [1.807, 2.05) is 36.4 Å². The molecule has 0 saturated heterocycles. The van der Waals surface area contributed by atoms with Crippen molar-refractivity contribution in [2.45, 2.75) is 17.3 Å². The molecule has 3 heteroatoms. The second kappa shape index (κ2) is 14.0. The fourth-order valence-corrected chi connectivity index (χ4v) is 11.6. The van der Waals surface area contributed by atoms with Gasteiger partial charge in [0.25, 0.3) is 0 Å². The zero-order chi connectivity index (χ0) is 42.2. The molecule has 0 N–H and O–H groups in total. The Morgan fingerprint density at radius 2 is 0.571 bits per heavy atom. The van der Waals surface area contributed by atoms with Crippen molar-refractivity contribution in [3.63, 3.8) is 0 Å². The molecule has 0 heterocycles. The Labute approximate surface area is 366 Å². The molecule has 0 saturated carbocycles. The molecule has 9 aromatic carbocycles. The van der Waals surface area contributed by atoms with Crippen molar-refractivity contribution < 1.29 is 0 Å². The third-order valence-electron chi connectivity index (χ3n) is 13.9. The van der Waals surface area contributed by atoms with Crippen molar-refractivity contribution in [2.75, 3.05) is 0 Å². The highest BCUT2D eigenvalue weighted by atomic mass is 14.7. The van der Waals surface area contributed by atoms with Crippen LogP contribution in [-0.4, -0.2) is 0 Å². The van der Waals surface area contributed by atoms with E-state index in [0.717, 1.165) is 100 Å². The topological polar surface area (TPSA) is 71.4 Å². The van der Waals surface area contributed by atoms with Crippen LogP contribution in [-0.2, 0) is 5.41 Å². The Balaban J connectivity index is 1.23. The number of rotatable bonds is 6. The smallest absolute Gasteiger partial charge is 0.0994 e. The lowest BCUT2D eigenvalue weighted by Gasteiger charge is -2.60. The first kappa shape index (κ1) is 36.3. The van der Waals surface area contributed by atoms with Crippen molar-refractivity contribution in [1.29, 1.82) is 15.8 Å². The summed E-state index contributed by atoms with van der Waals surface area (Å²) in [5.74, 6) is -0.587. The number of hydrogen-bond donors (Lipinski definition) is 0. The van der Waals surface area contributed by atoms with Gasteiger partial charge in [-0.3, -0.25) is 0 Å². The summed E-state index contributed by atoms with van der Waals surface area (Å²) in [6.45, 7) is 0. The molecule has 3 unspecified atom stereocenters. The van der Waals surface area contributed by atoms with Crippen molar-refractivity contribution in [3.05, 3.63) is 250 Å². The fourth-order valence-electron chi connectivity index (χ4n) is 11.6. The highest BCUT2D eigenvalue weighted by Crippen LogP contribution is 2.81. The lowest BCUT2D eigenvalue weighted by molar-refractivity contribution is 0.334. The minimum atomic E-state index is -0.700. The van der Waals surface area contributed by atoms with Crippen LogP contribution in [0.1, 0.15) is 61.9 Å². The van der Waals surface area contributed by atoms with Crippen molar-refractivity contribution in [1.82, 2.24) is 0 Å². The number of hydrogen-bond acceptors (Lipinski definition) is 3. The van der Waals surface area contributed by atoms with Gasteiger partial charge in [-0.15, -0.1) is 0 Å². The SMILES string of the molecule is N#Cc1ccc(-c2ccccc2-c2ccccc2)c2c1C1c3c(C#N)ccc(-c4ccccc4-c4ccccc4)c3C13c1c(-c4ccccc4-c4ccccc4)ccc(C#N)c1C23. The van der Waals surface area contributed by atoms with Gasteiger partial charge in [-0.25, -0.2) is 0 Å². The van der Waals surface area contributed by atoms with Crippen LogP contribution < -0.4 is 0 Å². The molecule has 0 bridgehead atoms. The maximum Gasteiger partial charge on any atom is 0.0994 e. The molecule has 0 aromatic heterocycles. The van der Waals surface area contributed by atoms with Crippen molar-refractivity contribution in [2.24, 2.45) is 0 Å². The van der Waals surface area contributed by atoms with E-state index in [1.165, 1.54) is 0 Å². The molecule has 3 aliphatic carbocycles. The molecule has 0 radical (unpaired) electrons. The van der Waals surface area contributed by atoms with Crippen LogP contribution in [0.5, 0.6) is 0 Å². The minimum absolute atomic E-state index is 0.276. The highest BCUT2D eigenvalue weighted by Gasteiger charge is 2.73.